The average molecular weight is 439 g/mol. The van der Waals surface area contributed by atoms with E-state index in [0.29, 0.717) is 19.4 Å². The molecule has 2 aliphatic rings. The third kappa shape index (κ3) is 2.68. The Kier molecular flexibility index (Phi) is 4.06. The van der Waals surface area contributed by atoms with Gasteiger partial charge in [-0.2, -0.15) is 0 Å². The number of aliphatic hydroxyl groups is 1. The van der Waals surface area contributed by atoms with E-state index in [1.54, 1.807) is 6.07 Å². The van der Waals surface area contributed by atoms with Gasteiger partial charge in [-0.05, 0) is 61.5 Å². The molecule has 4 nitrogen and oxygen atoms in total. The van der Waals surface area contributed by atoms with Gasteiger partial charge in [0.15, 0.2) is 0 Å². The highest BCUT2D eigenvalue weighted by atomic mass is 79.9. The first-order valence-corrected chi connectivity index (χ1v) is 10.5. The van der Waals surface area contributed by atoms with Crippen molar-refractivity contribution in [3.05, 3.63) is 69.8 Å². The number of pyridine rings is 1. The van der Waals surface area contributed by atoms with Crippen molar-refractivity contribution < 1.29 is 10.2 Å². The van der Waals surface area contributed by atoms with E-state index < -0.39 is 11.0 Å². The number of aromatic hydroxyl groups is 1. The van der Waals surface area contributed by atoms with E-state index in [-0.39, 0.29) is 5.75 Å². The van der Waals surface area contributed by atoms with Gasteiger partial charge < -0.3 is 15.1 Å². The number of benzene rings is 2. The first-order chi connectivity index (χ1) is 13.4. The van der Waals surface area contributed by atoms with Crippen LogP contribution in [-0.2, 0) is 18.3 Å². The van der Waals surface area contributed by atoms with E-state index in [4.69, 9.17) is 4.98 Å². The summed E-state index contributed by atoms with van der Waals surface area (Å²) in [6.07, 6.45) is 2.08. The van der Waals surface area contributed by atoms with E-state index in [1.807, 2.05) is 30.3 Å². The van der Waals surface area contributed by atoms with Crippen molar-refractivity contribution in [3.8, 4) is 5.75 Å². The van der Waals surface area contributed by atoms with Gasteiger partial charge in [0, 0.05) is 40.4 Å². The van der Waals surface area contributed by atoms with Gasteiger partial charge in [-0.1, -0.05) is 34.1 Å². The standard InChI is InChI=1S/C23H23BrN2O2/c1-26-8-7-22(17-3-2-4-19(27)10-17)13-21-16(12-23(22,28)14-26)9-15-5-6-18(24)11-20(15)25-21/h2-6,9-11,27-28H,7-8,12-14H2,1H3/t22-,23-/m0/s1. The van der Waals surface area contributed by atoms with Crippen molar-refractivity contribution in [2.45, 2.75) is 30.3 Å². The second-order valence-electron chi connectivity index (χ2n) is 8.44. The van der Waals surface area contributed by atoms with Gasteiger partial charge in [0.05, 0.1) is 11.1 Å². The molecular weight excluding hydrogens is 416 g/mol. The Morgan fingerprint density at radius 1 is 1.11 bits per heavy atom. The Morgan fingerprint density at radius 2 is 1.96 bits per heavy atom. The third-order valence-electron chi connectivity index (χ3n) is 6.64. The number of phenols is 1. The molecule has 0 bridgehead atoms. The van der Waals surface area contributed by atoms with Crippen LogP contribution in [-0.4, -0.2) is 45.8 Å². The number of hydrogen-bond donors (Lipinski definition) is 2. The lowest BCUT2D eigenvalue weighted by Gasteiger charge is -2.56. The molecular formula is C23H23BrN2O2. The molecule has 5 heteroatoms. The molecule has 1 aromatic heterocycles. The van der Waals surface area contributed by atoms with E-state index >= 15 is 0 Å². The smallest absolute Gasteiger partial charge is 0.115 e. The van der Waals surface area contributed by atoms with Crippen molar-refractivity contribution in [2.24, 2.45) is 0 Å². The number of halogens is 1. The van der Waals surface area contributed by atoms with Gasteiger partial charge >= 0.3 is 0 Å². The fourth-order valence-electron chi connectivity index (χ4n) is 5.22. The van der Waals surface area contributed by atoms with Gasteiger partial charge in [0.1, 0.15) is 5.75 Å². The predicted octanol–water partition coefficient (Wildman–Crippen LogP) is 3.81. The fourth-order valence-corrected chi connectivity index (χ4v) is 5.57. The van der Waals surface area contributed by atoms with Gasteiger partial charge in [-0.25, -0.2) is 0 Å². The van der Waals surface area contributed by atoms with E-state index in [1.165, 1.54) is 0 Å². The maximum Gasteiger partial charge on any atom is 0.115 e. The van der Waals surface area contributed by atoms with Crippen molar-refractivity contribution >= 4 is 26.8 Å². The summed E-state index contributed by atoms with van der Waals surface area (Å²) in [5.41, 5.74) is 2.82. The number of hydrogen-bond acceptors (Lipinski definition) is 4. The largest absolute Gasteiger partial charge is 0.508 e. The summed E-state index contributed by atoms with van der Waals surface area (Å²) in [5.74, 6) is 0.245. The second-order valence-corrected chi connectivity index (χ2v) is 9.35. The van der Waals surface area contributed by atoms with Crippen LogP contribution in [0.15, 0.2) is 53.0 Å². The average Bonchev–Trinajstić information content (AvgIpc) is 2.64. The van der Waals surface area contributed by atoms with E-state index in [9.17, 15) is 10.2 Å². The molecule has 1 aliphatic carbocycles. The summed E-state index contributed by atoms with van der Waals surface area (Å²) < 4.78 is 1.02. The van der Waals surface area contributed by atoms with E-state index in [0.717, 1.165) is 45.2 Å². The Hall–Kier alpha value is -1.95. The first kappa shape index (κ1) is 18.1. The number of nitrogens with zero attached hydrogens (tertiary/aromatic N) is 2. The topological polar surface area (TPSA) is 56.6 Å². The van der Waals surface area contributed by atoms with Crippen molar-refractivity contribution in [1.29, 1.82) is 0 Å². The molecule has 2 heterocycles. The lowest BCUT2D eigenvalue weighted by Crippen LogP contribution is -2.66. The van der Waals surface area contributed by atoms with Gasteiger partial charge in [-0.3, -0.25) is 4.98 Å². The summed E-state index contributed by atoms with van der Waals surface area (Å²) in [6, 6.07) is 15.7. The number of phenolic OH excluding ortho intramolecular Hbond substituents is 1. The Morgan fingerprint density at radius 3 is 2.79 bits per heavy atom. The molecule has 5 rings (SSSR count). The predicted molar refractivity (Wildman–Crippen MR) is 114 cm³/mol. The summed E-state index contributed by atoms with van der Waals surface area (Å²) >= 11 is 3.54. The highest BCUT2D eigenvalue weighted by Crippen LogP contribution is 2.50. The number of β-amino-alcohol motifs (C(OH)–C–C–N with tert-alkyl or cyclic N) is 1. The van der Waals surface area contributed by atoms with Gasteiger partial charge in [0.2, 0.25) is 0 Å². The molecule has 0 spiro atoms. The Labute approximate surface area is 173 Å². The monoisotopic (exact) mass is 438 g/mol. The molecule has 2 aromatic carbocycles. The number of aromatic nitrogens is 1. The van der Waals surface area contributed by atoms with E-state index in [2.05, 4.69) is 40.0 Å². The van der Waals surface area contributed by atoms with Crippen molar-refractivity contribution in [1.82, 2.24) is 9.88 Å². The molecule has 0 unspecified atom stereocenters. The molecule has 0 saturated carbocycles. The normalized spacial score (nSPS) is 27.4. The molecule has 28 heavy (non-hydrogen) atoms. The van der Waals surface area contributed by atoms with Crippen molar-refractivity contribution in [2.75, 3.05) is 20.1 Å². The zero-order valence-electron chi connectivity index (χ0n) is 15.8. The molecule has 1 saturated heterocycles. The number of fused-ring (bicyclic) bond motifs is 3. The number of likely N-dealkylation sites (N-methyl/N-ethyl adjacent to an activating group) is 1. The maximum absolute atomic E-state index is 12.0. The Balaban J connectivity index is 1.71. The van der Waals surface area contributed by atoms with Crippen LogP contribution < -0.4 is 0 Å². The van der Waals surface area contributed by atoms with Gasteiger partial charge in [0.25, 0.3) is 0 Å². The summed E-state index contributed by atoms with van der Waals surface area (Å²) in [7, 11) is 2.07. The molecule has 2 N–H and O–H groups in total. The minimum atomic E-state index is -0.897. The van der Waals surface area contributed by atoms with Crippen LogP contribution in [0.3, 0.4) is 0 Å². The zero-order valence-corrected chi connectivity index (χ0v) is 17.4. The molecule has 0 amide bonds. The van der Waals surface area contributed by atoms with Crippen LogP contribution in [0.25, 0.3) is 10.9 Å². The number of piperidine rings is 1. The number of likely N-dealkylation sites (tertiary alicyclic amines) is 1. The Bertz CT molecular complexity index is 1090. The van der Waals surface area contributed by atoms with Crippen LogP contribution in [0.4, 0.5) is 0 Å². The molecule has 2 atom stereocenters. The zero-order chi connectivity index (χ0) is 19.5. The first-order valence-electron chi connectivity index (χ1n) is 9.67. The minimum Gasteiger partial charge on any atom is -0.508 e. The molecule has 3 aromatic rings. The second kappa shape index (κ2) is 6.28. The van der Waals surface area contributed by atoms with Crippen LogP contribution in [0.5, 0.6) is 5.75 Å². The van der Waals surface area contributed by atoms with Crippen LogP contribution in [0.2, 0.25) is 0 Å². The maximum atomic E-state index is 12.0. The van der Waals surface area contributed by atoms with Gasteiger partial charge in [-0.15, -0.1) is 0 Å². The third-order valence-corrected chi connectivity index (χ3v) is 7.13. The van der Waals surface area contributed by atoms with Crippen LogP contribution in [0, 0.1) is 0 Å². The van der Waals surface area contributed by atoms with Crippen molar-refractivity contribution in [3.63, 3.8) is 0 Å². The summed E-state index contributed by atoms with van der Waals surface area (Å²) in [6.45, 7) is 1.52. The van der Waals surface area contributed by atoms with Crippen LogP contribution >= 0.6 is 15.9 Å². The summed E-state index contributed by atoms with van der Waals surface area (Å²) in [5, 5.41) is 23.2. The highest BCUT2D eigenvalue weighted by Gasteiger charge is 2.56. The quantitative estimate of drug-likeness (QED) is 0.606. The molecule has 0 radical (unpaired) electrons. The lowest BCUT2D eigenvalue weighted by molar-refractivity contribution is -0.0976. The highest BCUT2D eigenvalue weighted by molar-refractivity contribution is 9.10. The molecule has 144 valence electrons. The minimum absolute atomic E-state index is 0.245. The van der Waals surface area contributed by atoms with Crippen LogP contribution in [0.1, 0.15) is 23.2 Å². The molecule has 1 fully saturated rings. The lowest BCUT2D eigenvalue weighted by atomic mass is 9.56. The fraction of sp³-hybridized carbons (Fsp3) is 0.348. The number of rotatable bonds is 1. The SMILES string of the molecule is CN1CC[C@@]2(c3cccc(O)c3)Cc3nc4cc(Br)ccc4cc3C[C@]2(O)C1. The summed E-state index contributed by atoms with van der Waals surface area (Å²) in [4.78, 5) is 7.20. The molecule has 1 aliphatic heterocycles.